The molecule has 4 nitrogen and oxygen atoms in total. The van der Waals surface area contributed by atoms with E-state index in [0.717, 1.165) is 24.8 Å². The number of hydrogen-bond donors (Lipinski definition) is 1. The molecule has 102 valence electrons. The predicted molar refractivity (Wildman–Crippen MR) is 69.8 cm³/mol. The molecule has 3 rings (SSSR count). The molecule has 1 saturated carbocycles. The van der Waals surface area contributed by atoms with Crippen LogP contribution in [0, 0.1) is 5.92 Å². The number of aryl methyl sites for hydroxylation is 2. The zero-order valence-electron chi connectivity index (χ0n) is 10.5. The number of hydrogen-bond acceptors (Lipinski definition) is 3. The van der Waals surface area contributed by atoms with Gasteiger partial charge in [0.05, 0.1) is 4.90 Å². The monoisotopic (exact) mass is 280 g/mol. The van der Waals surface area contributed by atoms with E-state index in [1.54, 1.807) is 12.1 Å². The second kappa shape index (κ2) is 4.34. The Morgan fingerprint density at radius 3 is 2.53 bits per heavy atom. The Kier molecular flexibility index (Phi) is 2.89. The molecule has 0 radical (unpaired) electrons. The number of carbonyl (C=O) groups is 1. The average molecular weight is 280 g/mol. The van der Waals surface area contributed by atoms with Gasteiger partial charge < -0.3 is 5.11 Å². The summed E-state index contributed by atoms with van der Waals surface area (Å²) in [7, 11) is -3.76. The van der Waals surface area contributed by atoms with E-state index in [9.17, 15) is 18.3 Å². The lowest BCUT2D eigenvalue weighted by Gasteiger charge is -2.13. The maximum Gasteiger partial charge on any atom is 0.322 e. The van der Waals surface area contributed by atoms with Crippen LogP contribution in [0.15, 0.2) is 23.1 Å². The predicted octanol–water partition coefficient (Wildman–Crippen LogP) is 1.81. The maximum atomic E-state index is 12.5. The van der Waals surface area contributed by atoms with E-state index in [1.807, 2.05) is 6.07 Å². The fraction of sp³-hybridized carbons (Fsp3) is 0.500. The van der Waals surface area contributed by atoms with Crippen molar-refractivity contribution in [2.24, 2.45) is 5.92 Å². The second-order valence-corrected chi connectivity index (χ2v) is 7.49. The number of rotatable bonds is 4. The van der Waals surface area contributed by atoms with Crippen molar-refractivity contribution in [3.05, 3.63) is 29.3 Å². The second-order valence-electron chi connectivity index (χ2n) is 5.43. The fourth-order valence-electron chi connectivity index (χ4n) is 2.86. The topological polar surface area (TPSA) is 71.4 Å². The van der Waals surface area contributed by atoms with Crippen molar-refractivity contribution < 1.29 is 18.3 Å². The van der Waals surface area contributed by atoms with E-state index in [4.69, 9.17) is 0 Å². The molecule has 0 bridgehead atoms. The summed E-state index contributed by atoms with van der Waals surface area (Å²) in [5.41, 5.74) is 2.25. The smallest absolute Gasteiger partial charge is 0.322 e. The largest absolute Gasteiger partial charge is 0.480 e. The Morgan fingerprint density at radius 1 is 1.21 bits per heavy atom. The lowest BCUT2D eigenvalue weighted by molar-refractivity contribution is -0.136. The van der Waals surface area contributed by atoms with E-state index >= 15 is 0 Å². The van der Waals surface area contributed by atoms with E-state index in [2.05, 4.69) is 0 Å². The van der Waals surface area contributed by atoms with Crippen LogP contribution >= 0.6 is 0 Å². The van der Waals surface area contributed by atoms with Crippen LogP contribution < -0.4 is 0 Å². The van der Waals surface area contributed by atoms with Gasteiger partial charge in [-0.1, -0.05) is 6.07 Å². The summed E-state index contributed by atoms with van der Waals surface area (Å²) in [6, 6.07) is 5.08. The molecule has 0 saturated heterocycles. The molecule has 1 aromatic carbocycles. The lowest BCUT2D eigenvalue weighted by Crippen LogP contribution is -2.32. The van der Waals surface area contributed by atoms with Crippen molar-refractivity contribution in [3.8, 4) is 0 Å². The number of carboxylic acid groups (broad SMARTS) is 1. The fourth-order valence-corrected chi connectivity index (χ4v) is 4.76. The number of carboxylic acids is 1. The van der Waals surface area contributed by atoms with Crippen molar-refractivity contribution in [3.63, 3.8) is 0 Å². The molecule has 1 N–H and O–H groups in total. The molecular formula is C14H16O4S. The van der Waals surface area contributed by atoms with Crippen LogP contribution in [-0.2, 0) is 27.5 Å². The van der Waals surface area contributed by atoms with Crippen molar-refractivity contribution in [1.29, 1.82) is 0 Å². The first kappa shape index (κ1) is 12.7. The highest BCUT2D eigenvalue weighted by molar-refractivity contribution is 7.92. The van der Waals surface area contributed by atoms with Gasteiger partial charge >= 0.3 is 5.97 Å². The summed E-state index contributed by atoms with van der Waals surface area (Å²) < 4.78 is 24.9. The summed E-state index contributed by atoms with van der Waals surface area (Å²) in [6.45, 7) is 0. The van der Waals surface area contributed by atoms with Gasteiger partial charge in [-0.25, -0.2) is 8.42 Å². The van der Waals surface area contributed by atoms with E-state index < -0.39 is 21.1 Å². The minimum atomic E-state index is -3.76. The highest BCUT2D eigenvalue weighted by Crippen LogP contribution is 2.39. The van der Waals surface area contributed by atoms with Crippen LogP contribution in [0.2, 0.25) is 0 Å². The number of aliphatic carboxylic acids is 1. The third-order valence-corrected chi connectivity index (χ3v) is 6.19. The number of fused-ring (bicyclic) bond motifs is 1. The molecule has 0 spiro atoms. The zero-order chi connectivity index (χ0) is 13.6. The van der Waals surface area contributed by atoms with Crippen LogP contribution in [0.1, 0.15) is 30.4 Å². The van der Waals surface area contributed by atoms with Crippen LogP contribution in [0.5, 0.6) is 0 Å². The third-order valence-electron chi connectivity index (χ3n) is 4.03. The molecule has 2 aliphatic rings. The van der Waals surface area contributed by atoms with Gasteiger partial charge in [0.2, 0.25) is 0 Å². The van der Waals surface area contributed by atoms with Gasteiger partial charge in [0.1, 0.15) is 0 Å². The molecule has 1 atom stereocenters. The van der Waals surface area contributed by atoms with E-state index in [1.165, 1.54) is 5.56 Å². The van der Waals surface area contributed by atoms with Crippen LogP contribution in [-0.4, -0.2) is 24.7 Å². The first-order valence-electron chi connectivity index (χ1n) is 6.58. The molecule has 1 fully saturated rings. The summed E-state index contributed by atoms with van der Waals surface area (Å²) in [5, 5.41) is 7.92. The SMILES string of the molecule is O=C(O)C(C1CC1)S(=O)(=O)c1ccc2c(c1)CCC2. The summed E-state index contributed by atoms with van der Waals surface area (Å²) >= 11 is 0. The van der Waals surface area contributed by atoms with Crippen LogP contribution in [0.3, 0.4) is 0 Å². The van der Waals surface area contributed by atoms with E-state index in [-0.39, 0.29) is 10.8 Å². The molecule has 2 aliphatic carbocycles. The van der Waals surface area contributed by atoms with Gasteiger partial charge in [-0.05, 0) is 61.3 Å². The number of sulfone groups is 1. The molecule has 1 unspecified atom stereocenters. The molecule has 0 aliphatic heterocycles. The van der Waals surface area contributed by atoms with Crippen molar-refractivity contribution >= 4 is 15.8 Å². The highest BCUT2D eigenvalue weighted by Gasteiger charge is 2.46. The Balaban J connectivity index is 2.01. The maximum absolute atomic E-state index is 12.5. The first-order valence-corrected chi connectivity index (χ1v) is 8.13. The standard InChI is InChI=1S/C14H16O4S/c15-14(16)13(10-4-5-10)19(17,18)12-7-6-9-2-1-3-11(9)8-12/h6-8,10,13H,1-5H2,(H,15,16). The molecule has 0 aromatic heterocycles. The van der Waals surface area contributed by atoms with Crippen molar-refractivity contribution in [2.75, 3.05) is 0 Å². The van der Waals surface area contributed by atoms with Gasteiger partial charge in [-0.15, -0.1) is 0 Å². The van der Waals surface area contributed by atoms with Gasteiger partial charge in [-0.2, -0.15) is 0 Å². The molecule has 0 amide bonds. The Morgan fingerprint density at radius 2 is 1.89 bits per heavy atom. The molecular weight excluding hydrogens is 264 g/mol. The Labute approximate surface area is 112 Å². The summed E-state index contributed by atoms with van der Waals surface area (Å²) in [5.74, 6) is -1.43. The van der Waals surface area contributed by atoms with Gasteiger partial charge in [0.15, 0.2) is 15.1 Å². The van der Waals surface area contributed by atoms with Crippen LogP contribution in [0.4, 0.5) is 0 Å². The van der Waals surface area contributed by atoms with Gasteiger partial charge in [0.25, 0.3) is 0 Å². The molecule has 1 aromatic rings. The summed E-state index contributed by atoms with van der Waals surface area (Å²) in [6.07, 6.45) is 4.31. The van der Waals surface area contributed by atoms with Gasteiger partial charge in [0, 0.05) is 0 Å². The minimum absolute atomic E-state index is 0.174. The molecule has 5 heteroatoms. The zero-order valence-corrected chi connectivity index (χ0v) is 11.3. The van der Waals surface area contributed by atoms with Crippen molar-refractivity contribution in [1.82, 2.24) is 0 Å². The van der Waals surface area contributed by atoms with E-state index in [0.29, 0.717) is 12.8 Å². The average Bonchev–Trinajstić information content (AvgIpc) is 3.04. The molecule has 0 heterocycles. The summed E-state index contributed by atoms with van der Waals surface area (Å²) in [4.78, 5) is 11.4. The highest BCUT2D eigenvalue weighted by atomic mass is 32.2. The van der Waals surface area contributed by atoms with Gasteiger partial charge in [-0.3, -0.25) is 4.79 Å². The third kappa shape index (κ3) is 2.16. The Bertz CT molecular complexity index is 629. The van der Waals surface area contributed by atoms with Crippen molar-refractivity contribution in [2.45, 2.75) is 42.2 Å². The molecule has 19 heavy (non-hydrogen) atoms. The quantitative estimate of drug-likeness (QED) is 0.913. The van der Waals surface area contributed by atoms with Crippen LogP contribution in [0.25, 0.3) is 0 Å². The normalized spacial score (nSPS) is 20.0. The Hall–Kier alpha value is -1.36. The number of benzene rings is 1. The minimum Gasteiger partial charge on any atom is -0.480 e. The first-order chi connectivity index (χ1) is 9.00. The lowest BCUT2D eigenvalue weighted by atomic mass is 10.1.